The van der Waals surface area contributed by atoms with Gasteiger partial charge in [-0.1, -0.05) is 365 Å². The first kappa shape index (κ1) is 78.6. The van der Waals surface area contributed by atoms with Crippen LogP contribution in [0, 0.1) is 0 Å². The molecule has 6 nitrogen and oxygen atoms in total. The molecule has 476 valence electrons. The van der Waals surface area contributed by atoms with Gasteiger partial charge in [0.2, 0.25) is 0 Å². The molecule has 1 unspecified atom stereocenters. The lowest BCUT2D eigenvalue weighted by Gasteiger charge is -2.18. The molecule has 0 aromatic carbocycles. The zero-order valence-electron chi connectivity index (χ0n) is 54.8. The molecule has 0 saturated carbocycles. The molecule has 0 N–H and O–H groups in total. The summed E-state index contributed by atoms with van der Waals surface area (Å²) in [6.45, 7) is 6.72. The number of rotatable bonds is 68. The summed E-state index contributed by atoms with van der Waals surface area (Å²) in [5.74, 6) is -0.836. The highest BCUT2D eigenvalue weighted by Gasteiger charge is 2.19. The molecular weight excluding hydrogens is 997 g/mol. The van der Waals surface area contributed by atoms with Crippen LogP contribution in [-0.4, -0.2) is 37.2 Å². The zero-order chi connectivity index (χ0) is 58.5. The van der Waals surface area contributed by atoms with E-state index in [9.17, 15) is 14.4 Å². The summed E-state index contributed by atoms with van der Waals surface area (Å²) in [5.41, 5.74) is 0. The lowest BCUT2D eigenvalue weighted by atomic mass is 10.0. The summed E-state index contributed by atoms with van der Waals surface area (Å²) in [7, 11) is 0. The fraction of sp³-hybridized carbons (Fsp3) is 0.880. The van der Waals surface area contributed by atoms with Gasteiger partial charge in [-0.25, -0.2) is 0 Å². The summed E-state index contributed by atoms with van der Waals surface area (Å²) in [6.07, 6.45) is 87.4. The third-order valence-corrected chi connectivity index (χ3v) is 16.6. The Morgan fingerprint density at radius 3 is 0.691 bits per heavy atom. The second-order valence-corrected chi connectivity index (χ2v) is 24.9. The van der Waals surface area contributed by atoms with Crippen molar-refractivity contribution in [3.8, 4) is 0 Å². The Bertz CT molecular complexity index is 1350. The third kappa shape index (κ3) is 68.3. The first-order valence-electron chi connectivity index (χ1n) is 36.5. The first-order valence-corrected chi connectivity index (χ1v) is 36.5. The Kier molecular flexibility index (Phi) is 68.1. The number of unbranched alkanes of at least 4 members (excludes halogenated alkanes) is 51. The SMILES string of the molecule is CCCCCCC/C=C\C/C=C\C/C=C\CCCCCCCCCCCCC(=O)OCC(COC(=O)CCCCCCCCCCCCCCCCCCCC)OC(=O)CCCCCCCCCCCCCCCCCCCCCC. The summed E-state index contributed by atoms with van der Waals surface area (Å²) in [6, 6.07) is 0. The standard InChI is InChI=1S/C75H140O6/c1-4-7-10-13-16-19-22-25-28-31-34-36-37-38-39-40-42-44-47-50-53-56-59-62-65-68-74(77)80-71-72(70-79-73(76)67-64-61-58-55-52-49-46-43-33-30-27-24-21-18-15-12-9-6-3)81-75(78)69-66-63-60-57-54-51-48-45-41-35-32-29-26-23-20-17-14-11-8-5-2/h22,25,31,34,37-38,72H,4-21,23-24,26-30,32-33,35-36,39-71H2,1-3H3/b25-22-,34-31-,38-37-. The minimum Gasteiger partial charge on any atom is -0.462 e. The first-order chi connectivity index (χ1) is 40.0. The number of hydrogen-bond acceptors (Lipinski definition) is 6. The molecule has 0 heterocycles. The van der Waals surface area contributed by atoms with E-state index in [2.05, 4.69) is 57.2 Å². The van der Waals surface area contributed by atoms with Crippen LogP contribution in [0.1, 0.15) is 406 Å². The van der Waals surface area contributed by atoms with E-state index in [4.69, 9.17) is 14.2 Å². The van der Waals surface area contributed by atoms with Gasteiger partial charge in [0, 0.05) is 19.3 Å². The monoisotopic (exact) mass is 1140 g/mol. The molecule has 0 saturated heterocycles. The molecule has 0 radical (unpaired) electrons. The molecule has 0 aliphatic rings. The van der Waals surface area contributed by atoms with Gasteiger partial charge in [-0.2, -0.15) is 0 Å². The number of esters is 3. The Balaban J connectivity index is 4.30. The smallest absolute Gasteiger partial charge is 0.306 e. The van der Waals surface area contributed by atoms with Gasteiger partial charge in [0.15, 0.2) is 6.10 Å². The Labute approximate surface area is 506 Å². The molecule has 0 amide bonds. The second-order valence-electron chi connectivity index (χ2n) is 24.9. The van der Waals surface area contributed by atoms with E-state index in [1.807, 2.05) is 0 Å². The number of carbonyl (C=O) groups is 3. The minimum absolute atomic E-state index is 0.0666. The quantitative estimate of drug-likeness (QED) is 0.0261. The lowest BCUT2D eigenvalue weighted by molar-refractivity contribution is -0.167. The maximum Gasteiger partial charge on any atom is 0.306 e. The van der Waals surface area contributed by atoms with Crippen molar-refractivity contribution in [1.29, 1.82) is 0 Å². The molecule has 0 rings (SSSR count). The van der Waals surface area contributed by atoms with Crippen molar-refractivity contribution in [3.05, 3.63) is 36.5 Å². The molecule has 0 aliphatic heterocycles. The fourth-order valence-corrected chi connectivity index (χ4v) is 11.2. The van der Waals surface area contributed by atoms with E-state index in [0.29, 0.717) is 19.3 Å². The van der Waals surface area contributed by atoms with Crippen LogP contribution in [0.15, 0.2) is 36.5 Å². The summed E-state index contributed by atoms with van der Waals surface area (Å²) >= 11 is 0. The van der Waals surface area contributed by atoms with Crippen molar-refractivity contribution in [3.63, 3.8) is 0 Å². The number of allylic oxidation sites excluding steroid dienone is 6. The zero-order valence-corrected chi connectivity index (χ0v) is 54.8. The van der Waals surface area contributed by atoms with Gasteiger partial charge < -0.3 is 14.2 Å². The maximum atomic E-state index is 13.0. The molecule has 6 heteroatoms. The van der Waals surface area contributed by atoms with Crippen LogP contribution in [0.3, 0.4) is 0 Å². The molecule has 0 aromatic heterocycles. The number of carbonyl (C=O) groups excluding carboxylic acids is 3. The maximum absolute atomic E-state index is 13.0. The normalized spacial score (nSPS) is 12.2. The minimum atomic E-state index is -0.771. The topological polar surface area (TPSA) is 78.9 Å². The highest BCUT2D eigenvalue weighted by Crippen LogP contribution is 2.19. The van der Waals surface area contributed by atoms with Gasteiger partial charge in [-0.3, -0.25) is 14.4 Å². The van der Waals surface area contributed by atoms with Gasteiger partial charge in [0.25, 0.3) is 0 Å². The van der Waals surface area contributed by atoms with Crippen LogP contribution in [0.4, 0.5) is 0 Å². The van der Waals surface area contributed by atoms with Gasteiger partial charge in [0.1, 0.15) is 13.2 Å². The van der Waals surface area contributed by atoms with E-state index in [1.54, 1.807) is 0 Å². The van der Waals surface area contributed by atoms with Crippen molar-refractivity contribution >= 4 is 17.9 Å². The molecular formula is C75H140O6. The summed E-state index contributed by atoms with van der Waals surface area (Å²) < 4.78 is 17.0. The van der Waals surface area contributed by atoms with Crippen LogP contribution in [0.5, 0.6) is 0 Å². The van der Waals surface area contributed by atoms with Crippen molar-refractivity contribution in [1.82, 2.24) is 0 Å². The van der Waals surface area contributed by atoms with Gasteiger partial charge >= 0.3 is 17.9 Å². The molecule has 0 aromatic rings. The van der Waals surface area contributed by atoms with Gasteiger partial charge in [0.05, 0.1) is 0 Å². The average Bonchev–Trinajstić information content (AvgIpc) is 3.47. The van der Waals surface area contributed by atoms with Crippen LogP contribution >= 0.6 is 0 Å². The largest absolute Gasteiger partial charge is 0.462 e. The predicted molar refractivity (Wildman–Crippen MR) is 353 cm³/mol. The van der Waals surface area contributed by atoms with Gasteiger partial charge in [-0.15, -0.1) is 0 Å². The van der Waals surface area contributed by atoms with E-state index in [0.717, 1.165) is 70.6 Å². The van der Waals surface area contributed by atoms with Crippen LogP contribution in [-0.2, 0) is 28.6 Å². The van der Waals surface area contributed by atoms with Crippen molar-refractivity contribution in [2.24, 2.45) is 0 Å². The fourth-order valence-electron chi connectivity index (χ4n) is 11.2. The number of hydrogen-bond donors (Lipinski definition) is 0. The predicted octanol–water partition coefficient (Wildman–Crippen LogP) is 25.1. The van der Waals surface area contributed by atoms with E-state index >= 15 is 0 Å². The summed E-state index contributed by atoms with van der Waals surface area (Å²) in [4.78, 5) is 38.5. The lowest BCUT2D eigenvalue weighted by Crippen LogP contribution is -2.30. The molecule has 0 bridgehead atoms. The van der Waals surface area contributed by atoms with Gasteiger partial charge in [-0.05, 0) is 57.8 Å². The van der Waals surface area contributed by atoms with E-state index in [1.165, 1.54) is 295 Å². The molecule has 0 fully saturated rings. The van der Waals surface area contributed by atoms with Crippen molar-refractivity contribution in [2.75, 3.05) is 13.2 Å². The Morgan fingerprint density at radius 1 is 0.247 bits per heavy atom. The third-order valence-electron chi connectivity index (χ3n) is 16.6. The van der Waals surface area contributed by atoms with Crippen molar-refractivity contribution < 1.29 is 28.6 Å². The number of ether oxygens (including phenoxy) is 3. The van der Waals surface area contributed by atoms with Crippen LogP contribution < -0.4 is 0 Å². The van der Waals surface area contributed by atoms with Crippen LogP contribution in [0.2, 0.25) is 0 Å². The Morgan fingerprint density at radius 2 is 0.444 bits per heavy atom. The second kappa shape index (κ2) is 70.1. The summed E-state index contributed by atoms with van der Waals surface area (Å²) in [5, 5.41) is 0. The molecule has 1 atom stereocenters. The molecule has 0 aliphatic carbocycles. The Hall–Kier alpha value is -2.37. The highest BCUT2D eigenvalue weighted by molar-refractivity contribution is 5.71. The average molecular weight is 1140 g/mol. The van der Waals surface area contributed by atoms with Crippen LogP contribution in [0.25, 0.3) is 0 Å². The highest BCUT2D eigenvalue weighted by atomic mass is 16.6. The van der Waals surface area contributed by atoms with E-state index in [-0.39, 0.29) is 31.1 Å². The van der Waals surface area contributed by atoms with E-state index < -0.39 is 6.10 Å². The van der Waals surface area contributed by atoms with Crippen molar-refractivity contribution in [2.45, 2.75) is 412 Å². The molecule has 81 heavy (non-hydrogen) atoms. The molecule has 0 spiro atoms.